The van der Waals surface area contributed by atoms with Crippen LogP contribution in [0.5, 0.6) is 0 Å². The Kier molecular flexibility index (Phi) is 5.05. The maximum Gasteiger partial charge on any atom is 0.236 e. The van der Waals surface area contributed by atoms with Crippen LogP contribution in [-0.2, 0) is 4.79 Å². The van der Waals surface area contributed by atoms with Gasteiger partial charge >= 0.3 is 0 Å². The molecule has 0 aliphatic carbocycles. The van der Waals surface area contributed by atoms with E-state index >= 15 is 0 Å². The van der Waals surface area contributed by atoms with Crippen molar-refractivity contribution in [2.75, 3.05) is 33.8 Å². The lowest BCUT2D eigenvalue weighted by Gasteiger charge is -2.28. The first-order valence-electron chi connectivity index (χ1n) is 5.70. The lowest BCUT2D eigenvalue weighted by Crippen LogP contribution is -2.44. The highest BCUT2D eigenvalue weighted by molar-refractivity contribution is 5.77. The molecular weight excluding hydrogens is 192 g/mol. The predicted molar refractivity (Wildman–Crippen MR) is 59.6 cm³/mol. The molecule has 0 radical (unpaired) electrons. The SMILES string of the molecule is CN(C)C(=O)CN1CCCCCC1CO. The largest absolute Gasteiger partial charge is 0.395 e. The summed E-state index contributed by atoms with van der Waals surface area (Å²) in [5.41, 5.74) is 0. The molecule has 1 heterocycles. The summed E-state index contributed by atoms with van der Waals surface area (Å²) in [5.74, 6) is 0.121. The van der Waals surface area contributed by atoms with E-state index < -0.39 is 0 Å². The van der Waals surface area contributed by atoms with Gasteiger partial charge in [-0.25, -0.2) is 0 Å². The smallest absolute Gasteiger partial charge is 0.236 e. The summed E-state index contributed by atoms with van der Waals surface area (Å²) < 4.78 is 0. The Morgan fingerprint density at radius 1 is 1.40 bits per heavy atom. The van der Waals surface area contributed by atoms with E-state index in [1.807, 2.05) is 0 Å². The molecular formula is C11H22N2O2. The summed E-state index contributed by atoms with van der Waals surface area (Å²) >= 11 is 0. The standard InChI is InChI=1S/C11H22N2O2/c1-12(2)11(15)8-13-7-5-3-4-6-10(13)9-14/h10,14H,3-9H2,1-2H3. The highest BCUT2D eigenvalue weighted by Gasteiger charge is 2.22. The minimum Gasteiger partial charge on any atom is -0.395 e. The molecule has 0 aromatic rings. The molecule has 0 spiro atoms. The molecule has 0 aromatic heterocycles. The van der Waals surface area contributed by atoms with Gasteiger partial charge in [0.05, 0.1) is 13.2 Å². The number of nitrogens with zero attached hydrogens (tertiary/aromatic N) is 2. The second-order valence-corrected chi connectivity index (χ2v) is 4.44. The Balaban J connectivity index is 2.51. The quantitative estimate of drug-likeness (QED) is 0.735. The van der Waals surface area contributed by atoms with E-state index in [1.54, 1.807) is 19.0 Å². The zero-order chi connectivity index (χ0) is 11.3. The van der Waals surface area contributed by atoms with Crippen molar-refractivity contribution in [1.29, 1.82) is 0 Å². The monoisotopic (exact) mass is 214 g/mol. The molecule has 4 nitrogen and oxygen atoms in total. The molecule has 15 heavy (non-hydrogen) atoms. The molecule has 0 aromatic carbocycles. The first-order valence-corrected chi connectivity index (χ1v) is 5.70. The summed E-state index contributed by atoms with van der Waals surface area (Å²) in [7, 11) is 3.54. The van der Waals surface area contributed by atoms with Crippen LogP contribution in [0.2, 0.25) is 0 Å². The van der Waals surface area contributed by atoms with Crippen molar-refractivity contribution < 1.29 is 9.90 Å². The molecule has 0 saturated carbocycles. The summed E-state index contributed by atoms with van der Waals surface area (Å²) in [4.78, 5) is 15.3. The van der Waals surface area contributed by atoms with Gasteiger partial charge in [-0.15, -0.1) is 0 Å². The fourth-order valence-corrected chi connectivity index (χ4v) is 1.97. The van der Waals surface area contributed by atoms with Crippen molar-refractivity contribution >= 4 is 5.91 Å². The highest BCUT2D eigenvalue weighted by Crippen LogP contribution is 2.16. The zero-order valence-corrected chi connectivity index (χ0v) is 9.78. The van der Waals surface area contributed by atoms with Gasteiger partial charge in [-0.1, -0.05) is 12.8 Å². The number of amides is 1. The van der Waals surface area contributed by atoms with Gasteiger partial charge in [0.2, 0.25) is 5.91 Å². The molecule has 1 atom stereocenters. The van der Waals surface area contributed by atoms with Crippen molar-refractivity contribution in [2.45, 2.75) is 31.7 Å². The van der Waals surface area contributed by atoms with Crippen molar-refractivity contribution in [3.8, 4) is 0 Å². The van der Waals surface area contributed by atoms with E-state index in [4.69, 9.17) is 0 Å². The highest BCUT2D eigenvalue weighted by atomic mass is 16.3. The van der Waals surface area contributed by atoms with Crippen molar-refractivity contribution in [3.63, 3.8) is 0 Å². The molecule has 0 bridgehead atoms. The number of likely N-dealkylation sites (N-methyl/N-ethyl adjacent to an activating group) is 1. The zero-order valence-electron chi connectivity index (χ0n) is 9.78. The third-order valence-corrected chi connectivity index (χ3v) is 3.05. The van der Waals surface area contributed by atoms with Crippen LogP contribution in [0, 0.1) is 0 Å². The predicted octanol–water partition coefficient (Wildman–Crippen LogP) is 0.311. The number of rotatable bonds is 3. The average molecular weight is 214 g/mol. The molecule has 1 N–H and O–H groups in total. The molecule has 1 aliphatic heterocycles. The molecule has 1 fully saturated rings. The number of aliphatic hydroxyl groups is 1. The normalized spacial score (nSPS) is 23.5. The number of likely N-dealkylation sites (tertiary alicyclic amines) is 1. The number of hydrogen-bond acceptors (Lipinski definition) is 3. The van der Waals surface area contributed by atoms with Crippen LogP contribution in [0.3, 0.4) is 0 Å². The lowest BCUT2D eigenvalue weighted by atomic mass is 10.1. The third kappa shape index (κ3) is 3.80. The van der Waals surface area contributed by atoms with Crippen LogP contribution < -0.4 is 0 Å². The van der Waals surface area contributed by atoms with Gasteiger partial charge in [-0.2, -0.15) is 0 Å². The van der Waals surface area contributed by atoms with Crippen LogP contribution in [0.4, 0.5) is 0 Å². The first kappa shape index (κ1) is 12.5. The maximum atomic E-state index is 11.6. The Morgan fingerprint density at radius 3 is 2.73 bits per heavy atom. The Bertz CT molecular complexity index is 207. The number of aliphatic hydroxyl groups excluding tert-OH is 1. The van der Waals surface area contributed by atoms with Crippen molar-refractivity contribution in [2.24, 2.45) is 0 Å². The third-order valence-electron chi connectivity index (χ3n) is 3.05. The van der Waals surface area contributed by atoms with Gasteiger partial charge in [0.25, 0.3) is 0 Å². The molecule has 1 rings (SSSR count). The van der Waals surface area contributed by atoms with Crippen molar-refractivity contribution in [3.05, 3.63) is 0 Å². The topological polar surface area (TPSA) is 43.8 Å². The van der Waals surface area contributed by atoms with Crippen LogP contribution >= 0.6 is 0 Å². The second kappa shape index (κ2) is 6.08. The first-order chi connectivity index (χ1) is 7.15. The average Bonchev–Trinajstić information content (AvgIpc) is 2.42. The van der Waals surface area contributed by atoms with Crippen LogP contribution in [0.1, 0.15) is 25.7 Å². The Labute approximate surface area is 91.9 Å². The van der Waals surface area contributed by atoms with E-state index in [0.717, 1.165) is 25.8 Å². The van der Waals surface area contributed by atoms with E-state index in [1.165, 1.54) is 6.42 Å². The van der Waals surface area contributed by atoms with Gasteiger partial charge < -0.3 is 10.0 Å². The molecule has 1 unspecified atom stereocenters. The van der Waals surface area contributed by atoms with E-state index in [-0.39, 0.29) is 18.6 Å². The van der Waals surface area contributed by atoms with Gasteiger partial charge in [0, 0.05) is 20.1 Å². The molecule has 4 heteroatoms. The number of carbonyl (C=O) groups is 1. The number of hydrogen-bond donors (Lipinski definition) is 1. The van der Waals surface area contributed by atoms with Gasteiger partial charge in [-0.05, 0) is 19.4 Å². The Morgan fingerprint density at radius 2 is 2.13 bits per heavy atom. The molecule has 88 valence electrons. The lowest BCUT2D eigenvalue weighted by molar-refractivity contribution is -0.130. The maximum absolute atomic E-state index is 11.6. The van der Waals surface area contributed by atoms with E-state index in [9.17, 15) is 9.90 Å². The van der Waals surface area contributed by atoms with Gasteiger partial charge in [0.15, 0.2) is 0 Å². The minimum absolute atomic E-state index is 0.121. The van der Waals surface area contributed by atoms with Gasteiger partial charge in [0.1, 0.15) is 0 Å². The summed E-state index contributed by atoms with van der Waals surface area (Å²) in [6.45, 7) is 1.55. The minimum atomic E-state index is 0.121. The van der Waals surface area contributed by atoms with E-state index in [0.29, 0.717) is 6.54 Å². The van der Waals surface area contributed by atoms with Crippen LogP contribution in [0.25, 0.3) is 0 Å². The van der Waals surface area contributed by atoms with Gasteiger partial charge in [-0.3, -0.25) is 9.69 Å². The fraction of sp³-hybridized carbons (Fsp3) is 0.909. The van der Waals surface area contributed by atoms with Crippen LogP contribution in [-0.4, -0.2) is 60.6 Å². The summed E-state index contributed by atoms with van der Waals surface area (Å²) in [6.07, 6.45) is 4.52. The Hall–Kier alpha value is -0.610. The second-order valence-electron chi connectivity index (χ2n) is 4.44. The molecule has 1 saturated heterocycles. The number of carbonyl (C=O) groups excluding carboxylic acids is 1. The van der Waals surface area contributed by atoms with E-state index in [2.05, 4.69) is 4.90 Å². The summed E-state index contributed by atoms with van der Waals surface area (Å²) in [6, 6.07) is 0.177. The molecule has 1 amide bonds. The van der Waals surface area contributed by atoms with Crippen molar-refractivity contribution in [1.82, 2.24) is 9.80 Å². The summed E-state index contributed by atoms with van der Waals surface area (Å²) in [5, 5.41) is 9.27. The fourth-order valence-electron chi connectivity index (χ4n) is 1.97. The van der Waals surface area contributed by atoms with Crippen LogP contribution in [0.15, 0.2) is 0 Å². The molecule has 1 aliphatic rings.